The summed E-state index contributed by atoms with van der Waals surface area (Å²) in [7, 11) is 0. The summed E-state index contributed by atoms with van der Waals surface area (Å²) in [5, 5.41) is 8.54. The van der Waals surface area contributed by atoms with E-state index in [0.29, 0.717) is 6.42 Å². The molecule has 1 saturated carbocycles. The SMILES string of the molecule is C[C@]1(C(=O)OCC#N)CCC[C@@](C)(C(=O)N2CCCC2)C1. The fourth-order valence-corrected chi connectivity index (χ4v) is 3.84. The van der Waals surface area contributed by atoms with E-state index in [1.54, 1.807) is 0 Å². The van der Waals surface area contributed by atoms with Gasteiger partial charge in [-0.3, -0.25) is 9.59 Å². The first-order valence-electron chi connectivity index (χ1n) is 7.75. The Kier molecular flexibility index (Phi) is 4.55. The van der Waals surface area contributed by atoms with Crippen molar-refractivity contribution < 1.29 is 14.3 Å². The zero-order chi connectivity index (χ0) is 15.5. The molecule has 0 aromatic heterocycles. The van der Waals surface area contributed by atoms with E-state index in [2.05, 4.69) is 0 Å². The third-order valence-electron chi connectivity index (χ3n) is 4.91. The molecule has 0 aromatic rings. The van der Waals surface area contributed by atoms with Crippen LogP contribution in [0.25, 0.3) is 0 Å². The van der Waals surface area contributed by atoms with E-state index < -0.39 is 10.8 Å². The molecule has 1 aliphatic carbocycles. The number of nitriles is 1. The van der Waals surface area contributed by atoms with E-state index >= 15 is 0 Å². The van der Waals surface area contributed by atoms with Crippen molar-refractivity contribution in [3.63, 3.8) is 0 Å². The van der Waals surface area contributed by atoms with Crippen molar-refractivity contribution in [2.24, 2.45) is 10.8 Å². The number of carbonyl (C=O) groups excluding carboxylic acids is 2. The van der Waals surface area contributed by atoms with E-state index in [1.807, 2.05) is 24.8 Å². The molecule has 21 heavy (non-hydrogen) atoms. The lowest BCUT2D eigenvalue weighted by Gasteiger charge is -2.43. The summed E-state index contributed by atoms with van der Waals surface area (Å²) >= 11 is 0. The largest absolute Gasteiger partial charge is 0.450 e. The summed E-state index contributed by atoms with van der Waals surface area (Å²) in [6, 6.07) is 1.82. The molecule has 0 radical (unpaired) electrons. The van der Waals surface area contributed by atoms with Gasteiger partial charge in [-0.2, -0.15) is 5.26 Å². The first-order valence-corrected chi connectivity index (χ1v) is 7.75. The maximum Gasteiger partial charge on any atom is 0.312 e. The Morgan fingerprint density at radius 1 is 1.14 bits per heavy atom. The Morgan fingerprint density at radius 3 is 2.38 bits per heavy atom. The van der Waals surface area contributed by atoms with E-state index in [4.69, 9.17) is 10.00 Å². The molecular formula is C16H24N2O3. The summed E-state index contributed by atoms with van der Waals surface area (Å²) in [5.41, 5.74) is -1.14. The topological polar surface area (TPSA) is 70.4 Å². The molecule has 5 heteroatoms. The van der Waals surface area contributed by atoms with Crippen LogP contribution in [0.2, 0.25) is 0 Å². The molecule has 0 N–H and O–H groups in total. The van der Waals surface area contributed by atoms with Crippen LogP contribution in [0.5, 0.6) is 0 Å². The zero-order valence-corrected chi connectivity index (χ0v) is 13.0. The van der Waals surface area contributed by atoms with Gasteiger partial charge in [0.2, 0.25) is 5.91 Å². The number of carbonyl (C=O) groups is 2. The molecule has 116 valence electrons. The lowest BCUT2D eigenvalue weighted by atomic mass is 9.63. The summed E-state index contributed by atoms with van der Waals surface area (Å²) in [6.45, 7) is 5.29. The quantitative estimate of drug-likeness (QED) is 0.748. The van der Waals surface area contributed by atoms with Crippen molar-refractivity contribution >= 4 is 11.9 Å². The Labute approximate surface area is 126 Å². The predicted molar refractivity (Wildman–Crippen MR) is 77.1 cm³/mol. The highest BCUT2D eigenvalue weighted by Crippen LogP contribution is 2.48. The van der Waals surface area contributed by atoms with Crippen LogP contribution in [-0.4, -0.2) is 36.5 Å². The second-order valence-electron chi connectivity index (χ2n) is 6.89. The first kappa shape index (κ1) is 15.8. The minimum Gasteiger partial charge on any atom is -0.450 e. The molecule has 2 fully saturated rings. The van der Waals surface area contributed by atoms with Gasteiger partial charge in [-0.05, 0) is 39.0 Å². The van der Waals surface area contributed by atoms with E-state index in [1.165, 1.54) is 0 Å². The van der Waals surface area contributed by atoms with E-state index in [-0.39, 0.29) is 18.5 Å². The average Bonchev–Trinajstić information content (AvgIpc) is 2.97. The zero-order valence-electron chi connectivity index (χ0n) is 13.0. The Hall–Kier alpha value is -1.57. The summed E-state index contributed by atoms with van der Waals surface area (Å²) in [5.74, 6) is -0.164. The molecule has 1 aliphatic heterocycles. The summed E-state index contributed by atoms with van der Waals surface area (Å²) in [4.78, 5) is 26.9. The molecule has 1 saturated heterocycles. The number of hydrogen-bond donors (Lipinski definition) is 0. The highest BCUT2D eigenvalue weighted by molar-refractivity contribution is 5.85. The number of nitrogens with zero attached hydrogens (tertiary/aromatic N) is 2. The number of likely N-dealkylation sites (tertiary alicyclic amines) is 1. The molecule has 2 rings (SSSR count). The summed E-state index contributed by atoms with van der Waals surface area (Å²) in [6.07, 6.45) is 5.05. The Morgan fingerprint density at radius 2 is 1.76 bits per heavy atom. The minimum atomic E-state index is -0.654. The average molecular weight is 292 g/mol. The normalized spacial score (nSPS) is 32.5. The predicted octanol–water partition coefficient (Wildman–Crippen LogP) is 2.26. The van der Waals surface area contributed by atoms with Crippen LogP contribution in [0.3, 0.4) is 0 Å². The van der Waals surface area contributed by atoms with E-state index in [0.717, 1.165) is 45.2 Å². The standard InChI is InChI=1S/C16H24N2O3/c1-15(13(19)18-9-3-4-10-18)6-5-7-16(2,12-15)14(20)21-11-8-17/h3-7,9-12H2,1-2H3/t15-,16+/m1/s1. The van der Waals surface area contributed by atoms with Crippen molar-refractivity contribution in [2.75, 3.05) is 19.7 Å². The molecule has 0 aromatic carbocycles. The van der Waals surface area contributed by atoms with Gasteiger partial charge in [0.1, 0.15) is 6.07 Å². The number of hydrogen-bond acceptors (Lipinski definition) is 4. The second kappa shape index (κ2) is 6.05. The molecule has 2 atom stereocenters. The highest BCUT2D eigenvalue weighted by atomic mass is 16.5. The third kappa shape index (κ3) is 3.20. The molecule has 2 aliphatic rings. The number of ether oxygens (including phenoxy) is 1. The van der Waals surface area contributed by atoms with Crippen LogP contribution in [0, 0.1) is 22.2 Å². The first-order chi connectivity index (χ1) is 9.91. The van der Waals surface area contributed by atoms with Gasteiger partial charge in [-0.1, -0.05) is 13.3 Å². The molecule has 1 amide bonds. The molecule has 0 bridgehead atoms. The van der Waals surface area contributed by atoms with Crippen molar-refractivity contribution in [3.8, 4) is 6.07 Å². The van der Waals surface area contributed by atoms with Crippen LogP contribution in [-0.2, 0) is 14.3 Å². The maximum atomic E-state index is 12.8. The fraction of sp³-hybridized carbons (Fsp3) is 0.812. The van der Waals surface area contributed by atoms with Gasteiger partial charge in [0.25, 0.3) is 0 Å². The minimum absolute atomic E-state index is 0.180. The maximum absolute atomic E-state index is 12.8. The smallest absolute Gasteiger partial charge is 0.312 e. The number of rotatable bonds is 3. The highest BCUT2D eigenvalue weighted by Gasteiger charge is 2.49. The van der Waals surface area contributed by atoms with Crippen LogP contribution in [0.15, 0.2) is 0 Å². The molecule has 1 heterocycles. The number of esters is 1. The van der Waals surface area contributed by atoms with Crippen molar-refractivity contribution in [1.82, 2.24) is 4.90 Å². The van der Waals surface area contributed by atoms with E-state index in [9.17, 15) is 9.59 Å². The van der Waals surface area contributed by atoms with Crippen LogP contribution in [0.1, 0.15) is 52.4 Å². The van der Waals surface area contributed by atoms with Crippen LogP contribution in [0.4, 0.5) is 0 Å². The van der Waals surface area contributed by atoms with Crippen molar-refractivity contribution in [2.45, 2.75) is 52.4 Å². The Balaban J connectivity index is 2.09. The van der Waals surface area contributed by atoms with Crippen molar-refractivity contribution in [3.05, 3.63) is 0 Å². The van der Waals surface area contributed by atoms with Gasteiger partial charge >= 0.3 is 5.97 Å². The van der Waals surface area contributed by atoms with Crippen LogP contribution >= 0.6 is 0 Å². The Bertz CT molecular complexity index is 465. The van der Waals surface area contributed by atoms with Gasteiger partial charge < -0.3 is 9.64 Å². The van der Waals surface area contributed by atoms with Gasteiger partial charge in [0.05, 0.1) is 5.41 Å². The van der Waals surface area contributed by atoms with Gasteiger partial charge in [-0.15, -0.1) is 0 Å². The molecular weight excluding hydrogens is 268 g/mol. The van der Waals surface area contributed by atoms with Crippen molar-refractivity contribution in [1.29, 1.82) is 5.26 Å². The third-order valence-corrected chi connectivity index (χ3v) is 4.91. The van der Waals surface area contributed by atoms with Gasteiger partial charge in [0, 0.05) is 18.5 Å². The monoisotopic (exact) mass is 292 g/mol. The van der Waals surface area contributed by atoms with Gasteiger partial charge in [-0.25, -0.2) is 0 Å². The van der Waals surface area contributed by atoms with Crippen LogP contribution < -0.4 is 0 Å². The molecule has 0 unspecified atom stereocenters. The molecule has 0 spiro atoms. The lowest BCUT2D eigenvalue weighted by molar-refractivity contribution is -0.161. The molecule has 5 nitrogen and oxygen atoms in total. The van der Waals surface area contributed by atoms with Gasteiger partial charge in [0.15, 0.2) is 6.61 Å². The fourth-order valence-electron chi connectivity index (χ4n) is 3.84. The second-order valence-corrected chi connectivity index (χ2v) is 6.89. The lowest BCUT2D eigenvalue weighted by Crippen LogP contribution is -2.48. The summed E-state index contributed by atoms with van der Waals surface area (Å²) < 4.78 is 5.01. The number of amides is 1.